The fourth-order valence-electron chi connectivity index (χ4n) is 1.70. The van der Waals surface area contributed by atoms with Crippen LogP contribution >= 0.6 is 33.9 Å². The van der Waals surface area contributed by atoms with E-state index in [2.05, 4.69) is 47.0 Å². The first kappa shape index (κ1) is 14.0. The van der Waals surface area contributed by atoms with Gasteiger partial charge in [0.15, 0.2) is 0 Å². The van der Waals surface area contributed by atoms with Gasteiger partial charge in [-0.05, 0) is 65.9 Å². The van der Waals surface area contributed by atoms with Gasteiger partial charge in [0.1, 0.15) is 5.82 Å². The van der Waals surface area contributed by atoms with Crippen LogP contribution < -0.4 is 5.32 Å². The Hall–Kier alpha value is -0.460. The van der Waals surface area contributed by atoms with Gasteiger partial charge in [0, 0.05) is 25.4 Å². The number of halogens is 2. The predicted molar refractivity (Wildman–Crippen MR) is 84.4 cm³/mol. The van der Waals surface area contributed by atoms with E-state index in [1.54, 1.807) is 17.4 Å². The summed E-state index contributed by atoms with van der Waals surface area (Å²) in [4.78, 5) is 2.52. The van der Waals surface area contributed by atoms with Crippen molar-refractivity contribution in [2.75, 3.05) is 6.54 Å². The molecule has 0 aliphatic carbocycles. The minimum absolute atomic E-state index is 0.176. The summed E-state index contributed by atoms with van der Waals surface area (Å²) in [6, 6.07) is 9.20. The summed E-state index contributed by atoms with van der Waals surface area (Å²) < 4.78 is 14.0. The third-order valence-corrected chi connectivity index (χ3v) is 4.60. The first-order valence-corrected chi connectivity index (χ1v) is 7.85. The van der Waals surface area contributed by atoms with Crippen molar-refractivity contribution in [2.24, 2.45) is 0 Å². The zero-order chi connectivity index (χ0) is 13.0. The van der Waals surface area contributed by atoms with Crippen LogP contribution in [0.4, 0.5) is 4.39 Å². The molecule has 0 amide bonds. The Balaban J connectivity index is 2.13. The number of hydrogen-bond donors (Lipinski definition) is 1. The van der Waals surface area contributed by atoms with Gasteiger partial charge in [0.05, 0.1) is 0 Å². The maximum Gasteiger partial charge on any atom is 0.124 e. The zero-order valence-electron chi connectivity index (χ0n) is 10.2. The molecule has 1 aromatic heterocycles. The third kappa shape index (κ3) is 3.52. The Kier molecular flexibility index (Phi) is 5.14. The molecule has 0 aliphatic rings. The van der Waals surface area contributed by atoms with Gasteiger partial charge >= 0.3 is 0 Å². The van der Waals surface area contributed by atoms with Crippen LogP contribution in [0.15, 0.2) is 30.3 Å². The Morgan fingerprint density at radius 3 is 2.83 bits per heavy atom. The number of thiophene rings is 1. The van der Waals surface area contributed by atoms with Gasteiger partial charge in [-0.1, -0.05) is 6.92 Å². The largest absolute Gasteiger partial charge is 0.312 e. The van der Waals surface area contributed by atoms with Gasteiger partial charge in [-0.2, -0.15) is 0 Å². The van der Waals surface area contributed by atoms with Crippen LogP contribution in [-0.4, -0.2) is 6.54 Å². The molecule has 0 saturated heterocycles. The third-order valence-electron chi connectivity index (χ3n) is 2.58. The van der Waals surface area contributed by atoms with E-state index < -0.39 is 0 Å². The fourth-order valence-corrected chi connectivity index (χ4v) is 3.66. The average molecular weight is 375 g/mol. The van der Waals surface area contributed by atoms with Gasteiger partial charge in [-0.15, -0.1) is 11.3 Å². The summed E-state index contributed by atoms with van der Waals surface area (Å²) in [6.07, 6.45) is 1.15. The average Bonchev–Trinajstić information content (AvgIpc) is 2.78. The lowest BCUT2D eigenvalue weighted by Crippen LogP contribution is -2.12. The van der Waals surface area contributed by atoms with Crippen LogP contribution in [0.3, 0.4) is 0 Å². The Bertz CT molecular complexity index is 524. The first-order chi connectivity index (χ1) is 8.70. The molecule has 0 fully saturated rings. The topological polar surface area (TPSA) is 12.0 Å². The molecule has 0 unspecified atom stereocenters. The normalized spacial score (nSPS) is 10.8. The van der Waals surface area contributed by atoms with Gasteiger partial charge in [-0.25, -0.2) is 4.39 Å². The first-order valence-electron chi connectivity index (χ1n) is 5.95. The summed E-state index contributed by atoms with van der Waals surface area (Å²) in [7, 11) is 0. The van der Waals surface area contributed by atoms with E-state index in [4.69, 9.17) is 0 Å². The highest BCUT2D eigenvalue weighted by atomic mass is 127. The molecule has 0 radical (unpaired) electrons. The van der Waals surface area contributed by atoms with Crippen LogP contribution in [-0.2, 0) is 6.54 Å². The van der Waals surface area contributed by atoms with Crippen molar-refractivity contribution in [1.82, 2.24) is 5.32 Å². The van der Waals surface area contributed by atoms with Gasteiger partial charge in [-0.3, -0.25) is 0 Å². The minimum Gasteiger partial charge on any atom is -0.312 e. The van der Waals surface area contributed by atoms with E-state index >= 15 is 0 Å². The fraction of sp³-hybridized carbons (Fsp3) is 0.286. The van der Waals surface area contributed by atoms with Crippen LogP contribution in [0, 0.1) is 9.39 Å². The standard InChI is InChI=1S/C14H15FINS/c1-2-7-17-9-11-4-6-14(18-11)12-5-3-10(15)8-13(12)16/h3-6,8,17H,2,7,9H2,1H3. The Morgan fingerprint density at radius 1 is 1.28 bits per heavy atom. The van der Waals surface area contributed by atoms with E-state index in [1.807, 2.05) is 6.07 Å². The smallest absolute Gasteiger partial charge is 0.124 e. The molecule has 0 aliphatic heterocycles. The SMILES string of the molecule is CCCNCc1ccc(-c2ccc(F)cc2I)s1. The molecule has 0 bridgehead atoms. The summed E-state index contributed by atoms with van der Waals surface area (Å²) in [5.41, 5.74) is 1.11. The molecule has 0 atom stereocenters. The number of rotatable bonds is 5. The second-order valence-electron chi connectivity index (χ2n) is 4.07. The highest BCUT2D eigenvalue weighted by molar-refractivity contribution is 14.1. The monoisotopic (exact) mass is 375 g/mol. The second-order valence-corrected chi connectivity index (χ2v) is 6.40. The van der Waals surface area contributed by atoms with Crippen molar-refractivity contribution in [3.8, 4) is 10.4 Å². The van der Waals surface area contributed by atoms with Crippen molar-refractivity contribution in [3.63, 3.8) is 0 Å². The molecular weight excluding hydrogens is 360 g/mol. The van der Waals surface area contributed by atoms with Crippen LogP contribution in [0.2, 0.25) is 0 Å². The van der Waals surface area contributed by atoms with E-state index in [1.165, 1.54) is 15.8 Å². The highest BCUT2D eigenvalue weighted by Crippen LogP contribution is 2.31. The molecule has 18 heavy (non-hydrogen) atoms. The maximum absolute atomic E-state index is 13.1. The summed E-state index contributed by atoms with van der Waals surface area (Å²) in [5.74, 6) is -0.176. The Labute approximate surface area is 125 Å². The van der Waals surface area contributed by atoms with Crippen molar-refractivity contribution >= 4 is 33.9 Å². The van der Waals surface area contributed by atoms with E-state index in [0.717, 1.165) is 28.6 Å². The highest BCUT2D eigenvalue weighted by Gasteiger charge is 2.07. The van der Waals surface area contributed by atoms with Gasteiger partial charge in [0.2, 0.25) is 0 Å². The summed E-state index contributed by atoms with van der Waals surface area (Å²) in [5, 5.41) is 3.39. The molecule has 2 aromatic rings. The molecule has 2 rings (SSSR count). The number of hydrogen-bond acceptors (Lipinski definition) is 2. The molecule has 1 nitrogen and oxygen atoms in total. The lowest BCUT2D eigenvalue weighted by molar-refractivity contribution is 0.627. The molecule has 0 spiro atoms. The molecule has 96 valence electrons. The van der Waals surface area contributed by atoms with E-state index in [-0.39, 0.29) is 5.82 Å². The second kappa shape index (κ2) is 6.63. The van der Waals surface area contributed by atoms with Crippen LogP contribution in [0.25, 0.3) is 10.4 Å². The molecular formula is C14H15FINS. The predicted octanol–water partition coefficient (Wildman–Crippen LogP) is 4.66. The minimum atomic E-state index is -0.176. The van der Waals surface area contributed by atoms with Gasteiger partial charge < -0.3 is 5.32 Å². The number of nitrogens with one attached hydrogen (secondary N) is 1. The molecule has 4 heteroatoms. The molecule has 1 aromatic carbocycles. The maximum atomic E-state index is 13.1. The van der Waals surface area contributed by atoms with Gasteiger partial charge in [0.25, 0.3) is 0 Å². The van der Waals surface area contributed by atoms with Crippen LogP contribution in [0.1, 0.15) is 18.2 Å². The Morgan fingerprint density at radius 2 is 2.11 bits per heavy atom. The summed E-state index contributed by atoms with van der Waals surface area (Å²) in [6.45, 7) is 4.12. The number of benzene rings is 1. The van der Waals surface area contributed by atoms with Crippen molar-refractivity contribution < 1.29 is 4.39 Å². The summed E-state index contributed by atoms with van der Waals surface area (Å²) >= 11 is 3.95. The van der Waals surface area contributed by atoms with Crippen LogP contribution in [0.5, 0.6) is 0 Å². The van der Waals surface area contributed by atoms with Crippen molar-refractivity contribution in [3.05, 3.63) is 44.6 Å². The van der Waals surface area contributed by atoms with E-state index in [0.29, 0.717) is 0 Å². The zero-order valence-corrected chi connectivity index (χ0v) is 13.1. The van der Waals surface area contributed by atoms with Crippen molar-refractivity contribution in [1.29, 1.82) is 0 Å². The molecule has 1 N–H and O–H groups in total. The quantitative estimate of drug-likeness (QED) is 0.592. The lowest BCUT2D eigenvalue weighted by Gasteiger charge is -2.02. The lowest BCUT2D eigenvalue weighted by atomic mass is 10.2. The van der Waals surface area contributed by atoms with E-state index in [9.17, 15) is 4.39 Å². The molecule has 1 heterocycles. The van der Waals surface area contributed by atoms with Crippen molar-refractivity contribution in [2.45, 2.75) is 19.9 Å². The molecule has 0 saturated carbocycles.